The van der Waals surface area contributed by atoms with Crippen molar-refractivity contribution in [1.82, 2.24) is 0 Å². The van der Waals surface area contributed by atoms with E-state index in [1.807, 2.05) is 0 Å². The average molecular weight is 660 g/mol. The Balaban J connectivity index is 1.63. The summed E-state index contributed by atoms with van der Waals surface area (Å²) in [5, 5.41) is 16.6. The standard InChI is InChI=1S/C44H61N5/c1-3-5-7-9-11-13-15-21-30-48-37-29-23-28-35-33-25-18-17-24-32(33)34-26-19-20-27-36(34)39-40(38(35)37)41(45)42(46)43(47)44(39)49-31-22-16-14-12-10-8-6-4-2/h17-20,23-29,48-49H,3-16,21-22,30-31,45-47H2,1-2H3. The Morgan fingerprint density at radius 3 is 1.41 bits per heavy atom. The third kappa shape index (κ3) is 8.73. The Morgan fingerprint density at radius 1 is 0.388 bits per heavy atom. The first-order valence-corrected chi connectivity index (χ1v) is 19.4. The minimum atomic E-state index is 0.451. The first-order chi connectivity index (χ1) is 24.1. The van der Waals surface area contributed by atoms with E-state index in [4.69, 9.17) is 17.2 Å². The van der Waals surface area contributed by atoms with E-state index in [9.17, 15) is 0 Å². The van der Waals surface area contributed by atoms with Gasteiger partial charge in [0.2, 0.25) is 0 Å². The summed E-state index contributed by atoms with van der Waals surface area (Å²) in [5.74, 6) is 0. The van der Waals surface area contributed by atoms with Gasteiger partial charge in [0, 0.05) is 34.4 Å². The summed E-state index contributed by atoms with van der Waals surface area (Å²) in [6, 6.07) is 24.0. The fraction of sp³-hybridized carbons (Fsp3) is 0.455. The summed E-state index contributed by atoms with van der Waals surface area (Å²) in [6.07, 6.45) is 20.5. The highest BCUT2D eigenvalue weighted by molar-refractivity contribution is 5.88. The van der Waals surface area contributed by atoms with E-state index in [1.54, 1.807) is 0 Å². The minimum absolute atomic E-state index is 0.451. The SMILES string of the molecule is CCCCCCCCCCNc1cccc2c1=c1c(N)c(N)c(N)c(NCCCCCCCCCC)c1=c1ccccc1=c1ccccc1=2. The maximum Gasteiger partial charge on any atom is 0.0811 e. The summed E-state index contributed by atoms with van der Waals surface area (Å²) in [6.45, 7) is 6.29. The Bertz CT molecular complexity index is 2060. The van der Waals surface area contributed by atoms with Crippen molar-refractivity contribution in [2.24, 2.45) is 0 Å². The van der Waals surface area contributed by atoms with Gasteiger partial charge in [0.25, 0.3) is 0 Å². The van der Waals surface area contributed by atoms with Crippen LogP contribution >= 0.6 is 0 Å². The molecule has 4 aromatic carbocycles. The quantitative estimate of drug-likeness (QED) is 0.0423. The molecule has 262 valence electrons. The van der Waals surface area contributed by atoms with Crippen LogP contribution in [-0.4, -0.2) is 13.1 Å². The van der Waals surface area contributed by atoms with Crippen molar-refractivity contribution in [2.75, 3.05) is 40.9 Å². The predicted octanol–water partition coefficient (Wildman–Crippen LogP) is 11.0. The van der Waals surface area contributed by atoms with Gasteiger partial charge in [-0.05, 0) is 45.0 Å². The molecule has 4 aromatic rings. The molecule has 8 N–H and O–H groups in total. The first-order valence-electron chi connectivity index (χ1n) is 19.4. The Labute approximate surface area is 293 Å². The van der Waals surface area contributed by atoms with Crippen LogP contribution in [0.25, 0.3) is 0 Å². The molecule has 0 aliphatic heterocycles. The first kappa shape index (κ1) is 36.2. The average Bonchev–Trinajstić information content (AvgIpc) is 3.12. The molecule has 5 heteroatoms. The Kier molecular flexibility index (Phi) is 13.7. The van der Waals surface area contributed by atoms with E-state index in [1.165, 1.54) is 106 Å². The molecule has 0 aromatic heterocycles. The maximum absolute atomic E-state index is 7.08. The zero-order chi connectivity index (χ0) is 34.4. The molecule has 1 aliphatic rings. The number of unbranched alkanes of at least 4 members (excludes halogenated alkanes) is 14. The van der Waals surface area contributed by atoms with E-state index in [2.05, 4.69) is 91.2 Å². The van der Waals surface area contributed by atoms with Crippen molar-refractivity contribution in [3.05, 3.63) is 108 Å². The number of nitrogen functional groups attached to an aromatic ring is 3. The largest absolute Gasteiger partial charge is 0.396 e. The maximum atomic E-state index is 7.08. The molecule has 49 heavy (non-hydrogen) atoms. The highest BCUT2D eigenvalue weighted by atomic mass is 14.9. The summed E-state index contributed by atoms with van der Waals surface area (Å²) < 4.78 is 0. The molecule has 0 spiro atoms. The second kappa shape index (κ2) is 18.6. The van der Waals surface area contributed by atoms with Gasteiger partial charge in [0.1, 0.15) is 0 Å². The van der Waals surface area contributed by atoms with Crippen LogP contribution < -0.4 is 27.8 Å². The van der Waals surface area contributed by atoms with Crippen LogP contribution in [0.4, 0.5) is 28.4 Å². The van der Waals surface area contributed by atoms with Crippen molar-refractivity contribution >= 4 is 28.4 Å². The lowest BCUT2D eigenvalue weighted by Crippen LogP contribution is -2.11. The molecule has 0 amide bonds. The number of rotatable bonds is 20. The molecule has 0 unspecified atom stereocenters. The molecular formula is C44H61N5. The van der Waals surface area contributed by atoms with E-state index < -0.39 is 0 Å². The highest BCUT2D eigenvalue weighted by Gasteiger charge is 2.16. The fourth-order valence-corrected chi connectivity index (χ4v) is 7.56. The van der Waals surface area contributed by atoms with Crippen LogP contribution in [0.3, 0.4) is 0 Å². The highest BCUT2D eigenvalue weighted by Crippen LogP contribution is 2.36. The van der Waals surface area contributed by atoms with Gasteiger partial charge >= 0.3 is 0 Å². The van der Waals surface area contributed by atoms with Crippen molar-refractivity contribution in [3.8, 4) is 0 Å². The van der Waals surface area contributed by atoms with E-state index in [-0.39, 0.29) is 0 Å². The Hall–Kier alpha value is -4.12. The molecular weight excluding hydrogens is 599 g/mol. The van der Waals surface area contributed by atoms with Crippen LogP contribution in [0.5, 0.6) is 0 Å². The monoisotopic (exact) mass is 659 g/mol. The molecule has 0 saturated carbocycles. The van der Waals surface area contributed by atoms with Gasteiger partial charge in [-0.1, -0.05) is 164 Å². The van der Waals surface area contributed by atoms with Gasteiger partial charge in [-0.2, -0.15) is 0 Å². The Morgan fingerprint density at radius 2 is 0.837 bits per heavy atom. The van der Waals surface area contributed by atoms with E-state index in [0.717, 1.165) is 63.4 Å². The third-order valence-corrected chi connectivity index (χ3v) is 10.3. The second-order valence-corrected chi connectivity index (χ2v) is 14.0. The molecule has 0 saturated heterocycles. The zero-order valence-corrected chi connectivity index (χ0v) is 30.3. The number of hydrogen-bond acceptors (Lipinski definition) is 5. The summed E-state index contributed by atoms with van der Waals surface area (Å²) in [4.78, 5) is 0. The smallest absolute Gasteiger partial charge is 0.0811 e. The molecule has 0 fully saturated rings. The van der Waals surface area contributed by atoms with Gasteiger partial charge in [-0.15, -0.1) is 0 Å². The van der Waals surface area contributed by atoms with Gasteiger partial charge in [-0.25, -0.2) is 0 Å². The van der Waals surface area contributed by atoms with Crippen molar-refractivity contribution in [3.63, 3.8) is 0 Å². The van der Waals surface area contributed by atoms with Crippen LogP contribution in [0.1, 0.15) is 117 Å². The number of anilines is 5. The number of nitrogens with two attached hydrogens (primary N) is 3. The molecule has 1 aliphatic carbocycles. The molecule has 0 bridgehead atoms. The molecule has 0 atom stereocenters. The van der Waals surface area contributed by atoms with Crippen LogP contribution in [0.2, 0.25) is 0 Å². The molecule has 0 radical (unpaired) electrons. The van der Waals surface area contributed by atoms with E-state index >= 15 is 0 Å². The number of benzene rings is 4. The van der Waals surface area contributed by atoms with Gasteiger partial charge in [0.15, 0.2) is 0 Å². The zero-order valence-electron chi connectivity index (χ0n) is 30.3. The van der Waals surface area contributed by atoms with Crippen molar-refractivity contribution in [2.45, 2.75) is 117 Å². The van der Waals surface area contributed by atoms with Crippen LogP contribution in [0.15, 0.2) is 66.7 Å². The lowest BCUT2D eigenvalue weighted by Gasteiger charge is -2.18. The molecule has 5 rings (SSSR count). The number of nitrogens with one attached hydrogen (secondary N) is 2. The van der Waals surface area contributed by atoms with Crippen molar-refractivity contribution in [1.29, 1.82) is 0 Å². The lowest BCUT2D eigenvalue weighted by atomic mass is 9.97. The normalized spacial score (nSPS) is 11.6. The summed E-state index contributed by atoms with van der Waals surface area (Å²) in [7, 11) is 0. The summed E-state index contributed by atoms with van der Waals surface area (Å²) in [5.41, 5.74) is 24.3. The third-order valence-electron chi connectivity index (χ3n) is 10.3. The van der Waals surface area contributed by atoms with Crippen LogP contribution in [0, 0.1) is 41.7 Å². The van der Waals surface area contributed by atoms with Gasteiger partial charge in [-0.3, -0.25) is 0 Å². The predicted molar refractivity (Wildman–Crippen MR) is 212 cm³/mol. The lowest BCUT2D eigenvalue weighted by molar-refractivity contribution is 0.581. The minimum Gasteiger partial charge on any atom is -0.396 e. The molecule has 5 nitrogen and oxygen atoms in total. The second-order valence-electron chi connectivity index (χ2n) is 14.0. The van der Waals surface area contributed by atoms with Gasteiger partial charge < -0.3 is 27.8 Å². The van der Waals surface area contributed by atoms with Crippen LogP contribution in [-0.2, 0) is 0 Å². The molecule has 0 heterocycles. The van der Waals surface area contributed by atoms with Gasteiger partial charge in [0.05, 0.1) is 22.7 Å². The number of fused-ring (bicyclic) bond motifs is 4. The fourth-order valence-electron chi connectivity index (χ4n) is 7.56. The number of hydrogen-bond donors (Lipinski definition) is 5. The topological polar surface area (TPSA) is 102 Å². The summed E-state index contributed by atoms with van der Waals surface area (Å²) >= 11 is 0. The van der Waals surface area contributed by atoms with Crippen molar-refractivity contribution < 1.29 is 0 Å². The van der Waals surface area contributed by atoms with E-state index in [0.29, 0.717) is 17.1 Å².